The summed E-state index contributed by atoms with van der Waals surface area (Å²) in [7, 11) is 0. The summed E-state index contributed by atoms with van der Waals surface area (Å²) in [5.41, 5.74) is 1.08. The number of hydrogen-bond donors (Lipinski definition) is 2. The summed E-state index contributed by atoms with van der Waals surface area (Å²) >= 11 is 0. The Labute approximate surface area is 148 Å². The first-order valence-electron chi connectivity index (χ1n) is 8.38. The first-order chi connectivity index (χ1) is 12.7. The molecule has 8 nitrogen and oxygen atoms in total. The maximum Gasteiger partial charge on any atom is 0.252 e. The number of amides is 1. The van der Waals surface area contributed by atoms with Crippen molar-refractivity contribution in [2.24, 2.45) is 0 Å². The van der Waals surface area contributed by atoms with Gasteiger partial charge in [0.15, 0.2) is 0 Å². The number of anilines is 2. The maximum atomic E-state index is 12.4. The lowest BCUT2D eigenvalue weighted by molar-refractivity contribution is -0.115. The van der Waals surface area contributed by atoms with E-state index in [1.807, 2.05) is 11.0 Å². The monoisotopic (exact) mass is 354 g/mol. The quantitative estimate of drug-likeness (QED) is 0.737. The maximum absolute atomic E-state index is 12.4. The summed E-state index contributed by atoms with van der Waals surface area (Å²) in [5, 5.41) is 3.67. The molecule has 4 rings (SSSR count). The summed E-state index contributed by atoms with van der Waals surface area (Å²) in [6.07, 6.45) is 1.55. The molecule has 1 fully saturated rings. The minimum Gasteiger partial charge on any atom is -0.464 e. The van der Waals surface area contributed by atoms with Crippen LogP contribution in [-0.4, -0.2) is 42.2 Å². The highest BCUT2D eigenvalue weighted by atomic mass is 16.5. The molecule has 0 aliphatic carbocycles. The number of benzene rings is 1. The van der Waals surface area contributed by atoms with Crippen LogP contribution in [0.15, 0.2) is 45.8 Å². The van der Waals surface area contributed by atoms with Crippen LogP contribution in [0, 0.1) is 0 Å². The second-order valence-corrected chi connectivity index (χ2v) is 6.01. The third-order valence-electron chi connectivity index (χ3n) is 4.21. The summed E-state index contributed by atoms with van der Waals surface area (Å²) in [6, 6.07) is 8.68. The third kappa shape index (κ3) is 3.45. The highest BCUT2D eigenvalue weighted by Gasteiger charge is 2.15. The van der Waals surface area contributed by atoms with Gasteiger partial charge in [0.1, 0.15) is 17.2 Å². The molecule has 1 aliphatic heterocycles. The lowest BCUT2D eigenvalue weighted by Gasteiger charge is -2.27. The molecule has 3 heterocycles. The fourth-order valence-corrected chi connectivity index (χ4v) is 2.98. The predicted molar refractivity (Wildman–Crippen MR) is 96.4 cm³/mol. The van der Waals surface area contributed by atoms with Crippen molar-refractivity contribution in [1.29, 1.82) is 0 Å². The Morgan fingerprint density at radius 3 is 2.96 bits per heavy atom. The van der Waals surface area contributed by atoms with Crippen LogP contribution in [0.5, 0.6) is 0 Å². The standard InChI is InChI=1S/C18H18N4O4/c23-17(19-13-2-1-3-14-12(13)4-7-26-14)10-15-20-16(11-18(24)21-15)22-5-8-25-9-6-22/h1-4,7,11H,5-6,8-10H2,(H,19,23)(H,20,21,24). The zero-order chi connectivity index (χ0) is 17.9. The topological polar surface area (TPSA) is 100 Å². The molecule has 2 N–H and O–H groups in total. The Balaban J connectivity index is 1.51. The van der Waals surface area contributed by atoms with Gasteiger partial charge in [-0.15, -0.1) is 0 Å². The molecule has 0 atom stereocenters. The van der Waals surface area contributed by atoms with Gasteiger partial charge in [-0.25, -0.2) is 4.98 Å². The van der Waals surface area contributed by atoms with Gasteiger partial charge in [0.2, 0.25) is 5.91 Å². The van der Waals surface area contributed by atoms with Gasteiger partial charge in [-0.05, 0) is 18.2 Å². The van der Waals surface area contributed by atoms with Gasteiger partial charge in [0.25, 0.3) is 5.56 Å². The Morgan fingerprint density at radius 2 is 2.12 bits per heavy atom. The van der Waals surface area contributed by atoms with Crippen molar-refractivity contribution in [2.75, 3.05) is 36.5 Å². The molecule has 1 aromatic carbocycles. The van der Waals surface area contributed by atoms with E-state index in [1.54, 1.807) is 24.5 Å². The second kappa shape index (κ2) is 7.01. The number of fused-ring (bicyclic) bond motifs is 1. The van der Waals surface area contributed by atoms with Crippen molar-refractivity contribution in [3.8, 4) is 0 Å². The predicted octanol–water partition coefficient (Wildman–Crippen LogP) is 1.53. The van der Waals surface area contributed by atoms with Crippen LogP contribution in [-0.2, 0) is 16.0 Å². The zero-order valence-corrected chi connectivity index (χ0v) is 14.0. The Bertz CT molecular complexity index is 988. The summed E-state index contributed by atoms with van der Waals surface area (Å²) in [5.74, 6) is 0.633. The molecule has 0 radical (unpaired) electrons. The van der Waals surface area contributed by atoms with Gasteiger partial charge < -0.3 is 24.4 Å². The van der Waals surface area contributed by atoms with Gasteiger partial charge in [-0.2, -0.15) is 0 Å². The van der Waals surface area contributed by atoms with E-state index in [0.717, 1.165) is 5.39 Å². The average molecular weight is 354 g/mol. The summed E-state index contributed by atoms with van der Waals surface area (Å²) in [4.78, 5) is 33.4. The lowest BCUT2D eigenvalue weighted by atomic mass is 10.2. The van der Waals surface area contributed by atoms with E-state index in [0.29, 0.717) is 49.2 Å². The largest absolute Gasteiger partial charge is 0.464 e. The zero-order valence-electron chi connectivity index (χ0n) is 14.0. The van der Waals surface area contributed by atoms with Crippen LogP contribution in [0.3, 0.4) is 0 Å². The molecule has 0 bridgehead atoms. The van der Waals surface area contributed by atoms with Crippen molar-refractivity contribution in [3.63, 3.8) is 0 Å². The first-order valence-corrected chi connectivity index (χ1v) is 8.38. The molecule has 134 valence electrons. The van der Waals surface area contributed by atoms with E-state index in [1.165, 1.54) is 6.07 Å². The van der Waals surface area contributed by atoms with Crippen molar-refractivity contribution in [1.82, 2.24) is 9.97 Å². The molecular formula is C18H18N4O4. The third-order valence-corrected chi connectivity index (χ3v) is 4.21. The minimum absolute atomic E-state index is 0.0261. The van der Waals surface area contributed by atoms with Crippen molar-refractivity contribution in [3.05, 3.63) is 52.8 Å². The number of aromatic amines is 1. The molecule has 0 unspecified atom stereocenters. The number of H-pyrrole nitrogens is 1. The number of rotatable bonds is 4. The minimum atomic E-state index is -0.277. The smallest absolute Gasteiger partial charge is 0.252 e. The number of hydrogen-bond acceptors (Lipinski definition) is 6. The normalized spacial score (nSPS) is 14.5. The molecule has 0 spiro atoms. The van der Waals surface area contributed by atoms with Gasteiger partial charge in [0.05, 0.1) is 31.6 Å². The summed E-state index contributed by atoms with van der Waals surface area (Å²) in [6.45, 7) is 2.53. The number of morpholine rings is 1. The molecule has 1 aliphatic rings. The Kier molecular flexibility index (Phi) is 4.40. The first kappa shape index (κ1) is 16.3. The number of ether oxygens (including phenoxy) is 1. The van der Waals surface area contributed by atoms with E-state index >= 15 is 0 Å². The van der Waals surface area contributed by atoms with E-state index < -0.39 is 0 Å². The number of nitrogens with zero attached hydrogens (tertiary/aromatic N) is 2. The fourth-order valence-electron chi connectivity index (χ4n) is 2.98. The lowest BCUT2D eigenvalue weighted by Crippen LogP contribution is -2.37. The average Bonchev–Trinajstić information content (AvgIpc) is 3.12. The number of furan rings is 1. The van der Waals surface area contributed by atoms with Crippen LogP contribution in [0.1, 0.15) is 5.82 Å². The van der Waals surface area contributed by atoms with E-state index in [-0.39, 0.29) is 17.9 Å². The molecule has 0 saturated carbocycles. The Hall–Kier alpha value is -3.13. The second-order valence-electron chi connectivity index (χ2n) is 6.01. The molecule has 1 saturated heterocycles. The molecular weight excluding hydrogens is 336 g/mol. The fraction of sp³-hybridized carbons (Fsp3) is 0.278. The van der Waals surface area contributed by atoms with Gasteiger partial charge in [-0.1, -0.05) is 6.07 Å². The van der Waals surface area contributed by atoms with Gasteiger partial charge in [0, 0.05) is 24.5 Å². The van der Waals surface area contributed by atoms with Crippen molar-refractivity contribution >= 4 is 28.4 Å². The molecule has 26 heavy (non-hydrogen) atoms. The Morgan fingerprint density at radius 1 is 1.27 bits per heavy atom. The van der Waals surface area contributed by atoms with E-state index in [4.69, 9.17) is 9.15 Å². The van der Waals surface area contributed by atoms with Crippen molar-refractivity contribution in [2.45, 2.75) is 6.42 Å². The van der Waals surface area contributed by atoms with E-state index in [2.05, 4.69) is 15.3 Å². The van der Waals surface area contributed by atoms with Crippen LogP contribution in [0.25, 0.3) is 11.0 Å². The van der Waals surface area contributed by atoms with Crippen LogP contribution >= 0.6 is 0 Å². The number of nitrogens with one attached hydrogen (secondary N) is 2. The van der Waals surface area contributed by atoms with Crippen LogP contribution in [0.2, 0.25) is 0 Å². The SMILES string of the molecule is O=C(Cc1nc(N2CCOCC2)cc(=O)[nH]1)Nc1cccc2occc12. The van der Waals surface area contributed by atoms with Crippen LogP contribution < -0.4 is 15.8 Å². The number of aromatic nitrogens is 2. The number of carbonyl (C=O) groups is 1. The molecule has 3 aromatic rings. The molecule has 8 heteroatoms. The van der Waals surface area contributed by atoms with Gasteiger partial charge in [-0.3, -0.25) is 9.59 Å². The summed E-state index contributed by atoms with van der Waals surface area (Å²) < 4.78 is 10.6. The van der Waals surface area contributed by atoms with E-state index in [9.17, 15) is 9.59 Å². The molecule has 2 aromatic heterocycles. The van der Waals surface area contributed by atoms with Crippen LogP contribution in [0.4, 0.5) is 11.5 Å². The van der Waals surface area contributed by atoms with Gasteiger partial charge >= 0.3 is 0 Å². The highest BCUT2D eigenvalue weighted by Crippen LogP contribution is 2.24. The highest BCUT2D eigenvalue weighted by molar-refractivity contribution is 6.01. The molecule has 1 amide bonds. The number of carbonyl (C=O) groups excluding carboxylic acids is 1. The van der Waals surface area contributed by atoms with Crippen molar-refractivity contribution < 1.29 is 13.9 Å².